The minimum absolute atomic E-state index is 0. The Morgan fingerprint density at radius 2 is 2.10 bits per heavy atom. The highest BCUT2D eigenvalue weighted by Gasteiger charge is 2.20. The molecule has 0 saturated heterocycles. The highest BCUT2D eigenvalue weighted by Crippen LogP contribution is 2.30. The predicted molar refractivity (Wildman–Crippen MR) is 83.2 cm³/mol. The molecule has 1 aromatic carbocycles. The average molecular weight is 328 g/mol. The number of hydrogen-bond donors (Lipinski definition) is 2. The van der Waals surface area contributed by atoms with Crippen LogP contribution in [-0.2, 0) is 6.54 Å². The third kappa shape index (κ3) is 3.79. The van der Waals surface area contributed by atoms with Crippen LogP contribution in [0.25, 0.3) is 11.3 Å². The van der Waals surface area contributed by atoms with Crippen molar-refractivity contribution in [2.45, 2.75) is 25.4 Å². The summed E-state index contributed by atoms with van der Waals surface area (Å²) in [6, 6.07) is 8.90. The van der Waals surface area contributed by atoms with E-state index in [0.717, 1.165) is 5.76 Å². The van der Waals surface area contributed by atoms with Crippen LogP contribution in [-0.4, -0.2) is 17.1 Å². The molecule has 1 saturated carbocycles. The lowest BCUT2D eigenvalue weighted by atomic mass is 10.1. The standard InChI is InChI=1S/C15H14ClNO3.ClH/c16-13-5-1-9(15(18)19)7-12(13)14-6-4-11(20-14)8-17-10-2-3-10;/h1,4-7,10,17H,2-3,8H2,(H,18,19);1H. The van der Waals surface area contributed by atoms with E-state index in [1.807, 2.05) is 12.1 Å². The summed E-state index contributed by atoms with van der Waals surface area (Å²) in [7, 11) is 0. The van der Waals surface area contributed by atoms with Crippen molar-refractivity contribution in [1.82, 2.24) is 5.32 Å². The Hall–Kier alpha value is -1.49. The second-order valence-corrected chi connectivity index (χ2v) is 5.33. The maximum atomic E-state index is 11.0. The highest BCUT2D eigenvalue weighted by atomic mass is 35.5. The number of aromatic carboxylic acids is 1. The zero-order chi connectivity index (χ0) is 14.1. The maximum Gasteiger partial charge on any atom is 0.335 e. The number of carbonyl (C=O) groups is 1. The maximum absolute atomic E-state index is 11.0. The quantitative estimate of drug-likeness (QED) is 0.872. The first-order valence-electron chi connectivity index (χ1n) is 6.49. The molecular weight excluding hydrogens is 313 g/mol. The van der Waals surface area contributed by atoms with Gasteiger partial charge in [-0.1, -0.05) is 11.6 Å². The molecule has 6 heteroatoms. The van der Waals surface area contributed by atoms with E-state index in [0.29, 0.717) is 28.9 Å². The zero-order valence-electron chi connectivity index (χ0n) is 11.1. The van der Waals surface area contributed by atoms with Gasteiger partial charge in [0.15, 0.2) is 0 Å². The lowest BCUT2D eigenvalue weighted by molar-refractivity contribution is 0.0697. The van der Waals surface area contributed by atoms with Crippen LogP contribution in [0.15, 0.2) is 34.7 Å². The van der Waals surface area contributed by atoms with Crippen molar-refractivity contribution in [1.29, 1.82) is 0 Å². The number of carboxylic acid groups (broad SMARTS) is 1. The Bertz CT molecular complexity index is 650. The van der Waals surface area contributed by atoms with Crippen molar-refractivity contribution in [3.05, 3.63) is 46.7 Å². The molecular formula is C15H15Cl2NO3. The molecule has 1 heterocycles. The Morgan fingerprint density at radius 3 is 2.76 bits per heavy atom. The minimum atomic E-state index is -0.981. The van der Waals surface area contributed by atoms with Gasteiger partial charge in [0.05, 0.1) is 17.1 Å². The van der Waals surface area contributed by atoms with Gasteiger partial charge in [0.25, 0.3) is 0 Å². The van der Waals surface area contributed by atoms with Gasteiger partial charge in [0.2, 0.25) is 0 Å². The molecule has 0 unspecified atom stereocenters. The lowest BCUT2D eigenvalue weighted by Crippen LogP contribution is -2.14. The van der Waals surface area contributed by atoms with Crippen LogP contribution in [0.1, 0.15) is 29.0 Å². The molecule has 112 valence electrons. The lowest BCUT2D eigenvalue weighted by Gasteiger charge is -2.03. The minimum Gasteiger partial charge on any atom is -0.478 e. The molecule has 0 spiro atoms. The summed E-state index contributed by atoms with van der Waals surface area (Å²) in [4.78, 5) is 11.0. The van der Waals surface area contributed by atoms with Crippen molar-refractivity contribution >= 4 is 30.0 Å². The Kier molecular flexibility index (Phi) is 4.93. The molecule has 0 radical (unpaired) electrons. The molecule has 1 aliphatic carbocycles. The second-order valence-electron chi connectivity index (χ2n) is 4.92. The molecule has 1 fully saturated rings. The van der Waals surface area contributed by atoms with Gasteiger partial charge in [0, 0.05) is 11.6 Å². The molecule has 2 aromatic rings. The van der Waals surface area contributed by atoms with Crippen LogP contribution in [0.4, 0.5) is 0 Å². The average Bonchev–Trinajstić information content (AvgIpc) is 3.14. The fourth-order valence-electron chi connectivity index (χ4n) is 2.00. The third-order valence-corrected chi connectivity index (χ3v) is 3.61. The first-order valence-corrected chi connectivity index (χ1v) is 6.86. The van der Waals surface area contributed by atoms with Gasteiger partial charge in [-0.05, 0) is 43.2 Å². The smallest absolute Gasteiger partial charge is 0.335 e. The van der Waals surface area contributed by atoms with E-state index >= 15 is 0 Å². The van der Waals surface area contributed by atoms with Gasteiger partial charge in [-0.25, -0.2) is 4.79 Å². The summed E-state index contributed by atoms with van der Waals surface area (Å²) < 4.78 is 5.72. The number of carboxylic acids is 1. The first kappa shape index (κ1) is 15.9. The topological polar surface area (TPSA) is 62.5 Å². The Labute approximate surface area is 133 Å². The normalized spacial score (nSPS) is 13.8. The second kappa shape index (κ2) is 6.52. The van der Waals surface area contributed by atoms with Crippen LogP contribution in [0.5, 0.6) is 0 Å². The van der Waals surface area contributed by atoms with E-state index in [2.05, 4.69) is 5.32 Å². The van der Waals surface area contributed by atoms with E-state index < -0.39 is 5.97 Å². The highest BCUT2D eigenvalue weighted by molar-refractivity contribution is 6.33. The number of nitrogens with one attached hydrogen (secondary N) is 1. The van der Waals surface area contributed by atoms with Crippen molar-refractivity contribution in [3.63, 3.8) is 0 Å². The van der Waals surface area contributed by atoms with E-state index in [1.165, 1.54) is 25.0 Å². The van der Waals surface area contributed by atoms with Crippen LogP contribution >= 0.6 is 24.0 Å². The monoisotopic (exact) mass is 327 g/mol. The zero-order valence-corrected chi connectivity index (χ0v) is 12.7. The van der Waals surface area contributed by atoms with Crippen molar-refractivity contribution in [2.75, 3.05) is 0 Å². The molecule has 2 N–H and O–H groups in total. The van der Waals surface area contributed by atoms with Gasteiger partial charge in [-0.2, -0.15) is 0 Å². The van der Waals surface area contributed by atoms with Gasteiger partial charge >= 0.3 is 5.97 Å². The molecule has 0 aliphatic heterocycles. The van der Waals surface area contributed by atoms with E-state index in [4.69, 9.17) is 21.1 Å². The van der Waals surface area contributed by atoms with Gasteiger partial charge in [-0.3, -0.25) is 0 Å². The number of halogens is 2. The van der Waals surface area contributed by atoms with Crippen LogP contribution in [0.3, 0.4) is 0 Å². The van der Waals surface area contributed by atoms with Gasteiger partial charge in [-0.15, -0.1) is 12.4 Å². The molecule has 0 bridgehead atoms. The summed E-state index contributed by atoms with van der Waals surface area (Å²) in [5.41, 5.74) is 0.794. The Morgan fingerprint density at radius 1 is 1.33 bits per heavy atom. The molecule has 1 aliphatic rings. The SMILES string of the molecule is Cl.O=C(O)c1ccc(Cl)c(-c2ccc(CNC3CC3)o2)c1. The number of hydrogen-bond acceptors (Lipinski definition) is 3. The summed E-state index contributed by atoms with van der Waals surface area (Å²) in [6.45, 7) is 0.681. The summed E-state index contributed by atoms with van der Waals surface area (Å²) in [5, 5.41) is 12.9. The van der Waals surface area contributed by atoms with Crippen molar-refractivity contribution in [3.8, 4) is 11.3 Å². The van der Waals surface area contributed by atoms with Crippen molar-refractivity contribution < 1.29 is 14.3 Å². The number of benzene rings is 1. The summed E-state index contributed by atoms with van der Waals surface area (Å²) >= 11 is 6.11. The first-order chi connectivity index (χ1) is 9.63. The molecule has 1 aromatic heterocycles. The van der Waals surface area contributed by atoms with E-state index in [9.17, 15) is 4.79 Å². The number of rotatable bonds is 5. The van der Waals surface area contributed by atoms with E-state index in [1.54, 1.807) is 6.07 Å². The molecule has 21 heavy (non-hydrogen) atoms. The fraction of sp³-hybridized carbons (Fsp3) is 0.267. The summed E-state index contributed by atoms with van der Waals surface area (Å²) in [6.07, 6.45) is 2.44. The molecule has 0 atom stereocenters. The molecule has 3 rings (SSSR count). The van der Waals surface area contributed by atoms with Crippen LogP contribution < -0.4 is 5.32 Å². The fourth-order valence-corrected chi connectivity index (χ4v) is 2.21. The van der Waals surface area contributed by atoms with Gasteiger partial charge < -0.3 is 14.8 Å². The largest absolute Gasteiger partial charge is 0.478 e. The predicted octanol–water partition coefficient (Wildman–Crippen LogP) is 3.97. The van der Waals surface area contributed by atoms with Crippen LogP contribution in [0, 0.1) is 0 Å². The van der Waals surface area contributed by atoms with Crippen LogP contribution in [0.2, 0.25) is 5.02 Å². The van der Waals surface area contributed by atoms with E-state index in [-0.39, 0.29) is 18.0 Å². The third-order valence-electron chi connectivity index (χ3n) is 3.28. The molecule has 4 nitrogen and oxygen atoms in total. The number of furan rings is 1. The van der Waals surface area contributed by atoms with Gasteiger partial charge in [0.1, 0.15) is 11.5 Å². The van der Waals surface area contributed by atoms with Crippen molar-refractivity contribution in [2.24, 2.45) is 0 Å². The Balaban J connectivity index is 0.00000161. The molecule has 0 amide bonds. The summed E-state index contributed by atoms with van der Waals surface area (Å²) in [5.74, 6) is 0.430.